The van der Waals surface area contributed by atoms with E-state index in [1.54, 1.807) is 29.2 Å². The molecule has 2 aliphatic rings. The molecule has 2 atom stereocenters. The predicted molar refractivity (Wildman–Crippen MR) is 127 cm³/mol. The van der Waals surface area contributed by atoms with E-state index in [4.69, 9.17) is 21.6 Å². The van der Waals surface area contributed by atoms with E-state index in [2.05, 4.69) is 5.32 Å². The topological polar surface area (TPSA) is 74.1 Å². The Labute approximate surface area is 190 Å². The molecule has 2 unspecified atom stereocenters. The maximum absolute atomic E-state index is 13.2. The molecule has 2 aromatic carbocycles. The lowest BCUT2D eigenvalue weighted by molar-refractivity contribution is -0.125. The Morgan fingerprint density at radius 1 is 1.23 bits per heavy atom. The molecule has 31 heavy (non-hydrogen) atoms. The summed E-state index contributed by atoms with van der Waals surface area (Å²) in [5, 5.41) is 3.51. The number of nitrogens with zero attached hydrogens (tertiary/aromatic N) is 3. The van der Waals surface area contributed by atoms with Crippen LogP contribution in [0.1, 0.15) is 32.8 Å². The number of thioether (sulfide) groups is 1. The molecule has 160 valence electrons. The molecule has 0 aliphatic carbocycles. The first-order valence-corrected chi connectivity index (χ1v) is 11.5. The SMILES string of the molecule is CCC(SC1=Nc2ccccc2C2=NC(C(C)C)C(=O)N12)C(=O)Nc1cccc(Cl)c1. The fraction of sp³-hybridized carbons (Fsp3) is 0.304. The van der Waals surface area contributed by atoms with Crippen LogP contribution >= 0.6 is 23.4 Å². The molecule has 8 heteroatoms. The number of halogens is 1. The molecule has 0 saturated heterocycles. The van der Waals surface area contributed by atoms with Gasteiger partial charge < -0.3 is 5.32 Å². The minimum Gasteiger partial charge on any atom is -0.325 e. The molecule has 2 aromatic rings. The van der Waals surface area contributed by atoms with Gasteiger partial charge in [-0.05, 0) is 42.7 Å². The fourth-order valence-corrected chi connectivity index (χ4v) is 4.73. The van der Waals surface area contributed by atoms with E-state index in [9.17, 15) is 9.59 Å². The highest BCUT2D eigenvalue weighted by molar-refractivity contribution is 8.15. The van der Waals surface area contributed by atoms with Crippen molar-refractivity contribution in [1.29, 1.82) is 0 Å². The van der Waals surface area contributed by atoms with Crippen LogP contribution in [0, 0.1) is 5.92 Å². The molecule has 0 spiro atoms. The number of amides is 2. The van der Waals surface area contributed by atoms with Gasteiger partial charge in [0.15, 0.2) is 5.17 Å². The first-order valence-electron chi connectivity index (χ1n) is 10.2. The Morgan fingerprint density at radius 2 is 2.00 bits per heavy atom. The van der Waals surface area contributed by atoms with Gasteiger partial charge >= 0.3 is 0 Å². The van der Waals surface area contributed by atoms with Crippen molar-refractivity contribution in [2.24, 2.45) is 15.9 Å². The Morgan fingerprint density at radius 3 is 2.71 bits per heavy atom. The van der Waals surface area contributed by atoms with Crippen LogP contribution in [0.15, 0.2) is 58.5 Å². The van der Waals surface area contributed by atoms with Crippen LogP contribution in [0.2, 0.25) is 5.02 Å². The maximum atomic E-state index is 13.2. The molecule has 6 nitrogen and oxygen atoms in total. The zero-order valence-electron chi connectivity index (χ0n) is 17.5. The number of hydrogen-bond acceptors (Lipinski definition) is 5. The van der Waals surface area contributed by atoms with E-state index in [0.29, 0.717) is 28.1 Å². The molecule has 4 rings (SSSR count). The molecule has 0 aromatic heterocycles. The van der Waals surface area contributed by atoms with Crippen molar-refractivity contribution in [2.45, 2.75) is 38.5 Å². The number of carbonyl (C=O) groups excluding carboxylic acids is 2. The van der Waals surface area contributed by atoms with Gasteiger partial charge in [0.05, 0.1) is 10.9 Å². The first-order chi connectivity index (χ1) is 14.9. The number of hydrogen-bond donors (Lipinski definition) is 1. The third-order valence-electron chi connectivity index (χ3n) is 5.13. The molecule has 2 amide bonds. The van der Waals surface area contributed by atoms with Gasteiger partial charge in [-0.25, -0.2) is 9.89 Å². The average molecular weight is 455 g/mol. The van der Waals surface area contributed by atoms with Crippen molar-refractivity contribution in [1.82, 2.24) is 4.90 Å². The number of fused-ring (bicyclic) bond motifs is 3. The third kappa shape index (κ3) is 4.25. The van der Waals surface area contributed by atoms with Gasteiger partial charge in [-0.3, -0.25) is 14.6 Å². The van der Waals surface area contributed by atoms with Gasteiger partial charge in [-0.1, -0.05) is 62.3 Å². The molecule has 1 N–H and O–H groups in total. The van der Waals surface area contributed by atoms with Crippen LogP contribution in [-0.2, 0) is 9.59 Å². The number of rotatable bonds is 5. The summed E-state index contributed by atoms with van der Waals surface area (Å²) < 4.78 is 0. The molecule has 2 heterocycles. The van der Waals surface area contributed by atoms with Crippen molar-refractivity contribution in [3.05, 3.63) is 59.1 Å². The van der Waals surface area contributed by atoms with Crippen molar-refractivity contribution in [3.8, 4) is 0 Å². The molecular formula is C23H23ClN4O2S. The Balaban J connectivity index is 1.63. The summed E-state index contributed by atoms with van der Waals surface area (Å²) in [7, 11) is 0. The summed E-state index contributed by atoms with van der Waals surface area (Å²) in [6.45, 7) is 5.90. The van der Waals surface area contributed by atoms with E-state index in [-0.39, 0.29) is 17.7 Å². The van der Waals surface area contributed by atoms with Crippen LogP contribution in [0.5, 0.6) is 0 Å². The molecule has 0 fully saturated rings. The van der Waals surface area contributed by atoms with E-state index in [1.165, 1.54) is 11.8 Å². The third-order valence-corrected chi connectivity index (χ3v) is 6.69. The molecule has 0 bridgehead atoms. The standard InChI is InChI=1S/C23H23ClN4O2S/c1-4-18(21(29)25-15-9-7-8-14(24)12-15)31-23-26-17-11-6-5-10-16(17)20-27-19(13(2)3)22(30)28(20)23/h5-13,18-19H,4H2,1-3H3,(H,25,29). The second-order valence-electron chi connectivity index (χ2n) is 7.74. The van der Waals surface area contributed by atoms with Gasteiger partial charge in [-0.2, -0.15) is 0 Å². The average Bonchev–Trinajstić information content (AvgIpc) is 3.10. The lowest BCUT2D eigenvalue weighted by Gasteiger charge is -2.27. The number of amidine groups is 2. The summed E-state index contributed by atoms with van der Waals surface area (Å²) in [5.74, 6) is 0.414. The van der Waals surface area contributed by atoms with Crippen LogP contribution in [0.25, 0.3) is 0 Å². The smallest absolute Gasteiger partial charge is 0.259 e. The van der Waals surface area contributed by atoms with Crippen molar-refractivity contribution in [2.75, 3.05) is 5.32 Å². The quantitative estimate of drug-likeness (QED) is 0.682. The maximum Gasteiger partial charge on any atom is 0.259 e. The lowest BCUT2D eigenvalue weighted by atomic mass is 10.1. The van der Waals surface area contributed by atoms with Gasteiger partial charge in [-0.15, -0.1) is 0 Å². The predicted octanol–water partition coefficient (Wildman–Crippen LogP) is 5.11. The van der Waals surface area contributed by atoms with Crippen LogP contribution in [0.3, 0.4) is 0 Å². The second-order valence-corrected chi connectivity index (χ2v) is 9.35. The highest BCUT2D eigenvalue weighted by Gasteiger charge is 2.43. The van der Waals surface area contributed by atoms with Gasteiger partial charge in [0, 0.05) is 16.3 Å². The Kier molecular flexibility index (Phi) is 6.16. The first kappa shape index (κ1) is 21.6. The van der Waals surface area contributed by atoms with Crippen molar-refractivity contribution < 1.29 is 9.59 Å². The number of benzene rings is 2. The van der Waals surface area contributed by atoms with E-state index in [1.807, 2.05) is 45.0 Å². The van der Waals surface area contributed by atoms with E-state index >= 15 is 0 Å². The highest BCUT2D eigenvalue weighted by Crippen LogP contribution is 2.36. The Bertz CT molecular complexity index is 1100. The summed E-state index contributed by atoms with van der Waals surface area (Å²) >= 11 is 7.31. The fourth-order valence-electron chi connectivity index (χ4n) is 3.52. The summed E-state index contributed by atoms with van der Waals surface area (Å²) in [4.78, 5) is 37.2. The van der Waals surface area contributed by atoms with Crippen LogP contribution < -0.4 is 5.32 Å². The molecule has 0 saturated carbocycles. The lowest BCUT2D eigenvalue weighted by Crippen LogP contribution is -2.43. The molecule has 0 radical (unpaired) electrons. The summed E-state index contributed by atoms with van der Waals surface area (Å²) in [6, 6.07) is 14.2. The number of nitrogens with one attached hydrogen (secondary N) is 1. The zero-order valence-corrected chi connectivity index (χ0v) is 19.1. The zero-order chi connectivity index (χ0) is 22.1. The van der Waals surface area contributed by atoms with E-state index in [0.717, 1.165) is 11.3 Å². The minimum atomic E-state index is -0.452. The van der Waals surface area contributed by atoms with Gasteiger partial charge in [0.2, 0.25) is 5.91 Å². The van der Waals surface area contributed by atoms with Gasteiger partial charge in [0.25, 0.3) is 5.91 Å². The van der Waals surface area contributed by atoms with Crippen LogP contribution in [-0.4, -0.2) is 39.0 Å². The Hall–Kier alpha value is -2.64. The molecular weight excluding hydrogens is 432 g/mol. The van der Waals surface area contributed by atoms with Crippen molar-refractivity contribution >= 4 is 57.6 Å². The summed E-state index contributed by atoms with van der Waals surface area (Å²) in [5.41, 5.74) is 2.22. The monoisotopic (exact) mass is 454 g/mol. The van der Waals surface area contributed by atoms with Crippen LogP contribution in [0.4, 0.5) is 11.4 Å². The number of anilines is 1. The second kappa shape index (κ2) is 8.85. The molecule has 2 aliphatic heterocycles. The number of carbonyl (C=O) groups is 2. The summed E-state index contributed by atoms with van der Waals surface area (Å²) in [6.07, 6.45) is 0.569. The minimum absolute atomic E-state index is 0.0668. The van der Waals surface area contributed by atoms with Crippen molar-refractivity contribution in [3.63, 3.8) is 0 Å². The highest BCUT2D eigenvalue weighted by atomic mass is 35.5. The largest absolute Gasteiger partial charge is 0.325 e. The van der Waals surface area contributed by atoms with Gasteiger partial charge in [0.1, 0.15) is 11.9 Å². The normalized spacial score (nSPS) is 18.3. The number of aliphatic imine (C=N–C) groups is 2. The number of para-hydroxylation sites is 1. The van der Waals surface area contributed by atoms with E-state index < -0.39 is 11.3 Å².